The molecule has 1 aliphatic rings. The molecular formula is C13H25NO. The molecule has 2 heteroatoms. The molecule has 2 nitrogen and oxygen atoms in total. The fraction of sp³-hybridized carbons (Fsp3) is 0.923. The van der Waals surface area contributed by atoms with Crippen LogP contribution in [-0.2, 0) is 0 Å². The van der Waals surface area contributed by atoms with E-state index >= 15 is 0 Å². The largest absolute Gasteiger partial charge is 0.411 e. The maximum absolute atomic E-state index is 8.73. The van der Waals surface area contributed by atoms with Gasteiger partial charge in [-0.25, -0.2) is 0 Å². The van der Waals surface area contributed by atoms with E-state index in [9.17, 15) is 0 Å². The Bertz CT molecular complexity index is 235. The SMILES string of the molecule is CC(C)C1CC[C@H](/C=N/O)[C@@]1(C)C(C)C. The van der Waals surface area contributed by atoms with Gasteiger partial charge in [0.25, 0.3) is 0 Å². The third-order valence-electron chi connectivity index (χ3n) is 4.68. The average molecular weight is 211 g/mol. The molecule has 1 saturated carbocycles. The van der Waals surface area contributed by atoms with Crippen LogP contribution in [0.5, 0.6) is 0 Å². The van der Waals surface area contributed by atoms with Gasteiger partial charge in [-0.1, -0.05) is 34.6 Å². The van der Waals surface area contributed by atoms with Crippen molar-refractivity contribution in [2.75, 3.05) is 0 Å². The molecule has 0 radical (unpaired) electrons. The van der Waals surface area contributed by atoms with Gasteiger partial charge in [-0.2, -0.15) is 0 Å². The first-order chi connectivity index (χ1) is 6.94. The van der Waals surface area contributed by atoms with Gasteiger partial charge in [0.2, 0.25) is 0 Å². The lowest BCUT2D eigenvalue weighted by Crippen LogP contribution is -2.37. The first-order valence-electron chi connectivity index (χ1n) is 6.12. The number of oxime groups is 1. The molecule has 1 aliphatic carbocycles. The summed E-state index contributed by atoms with van der Waals surface area (Å²) >= 11 is 0. The highest BCUT2D eigenvalue weighted by atomic mass is 16.4. The monoisotopic (exact) mass is 211 g/mol. The van der Waals surface area contributed by atoms with E-state index in [2.05, 4.69) is 39.8 Å². The molecule has 0 amide bonds. The third-order valence-corrected chi connectivity index (χ3v) is 4.68. The molecule has 0 bridgehead atoms. The summed E-state index contributed by atoms with van der Waals surface area (Å²) in [6, 6.07) is 0. The minimum atomic E-state index is 0.292. The van der Waals surface area contributed by atoms with Crippen molar-refractivity contribution in [1.29, 1.82) is 0 Å². The fourth-order valence-electron chi connectivity index (χ4n) is 3.48. The van der Waals surface area contributed by atoms with E-state index < -0.39 is 0 Å². The summed E-state index contributed by atoms with van der Waals surface area (Å²) in [4.78, 5) is 0. The van der Waals surface area contributed by atoms with E-state index in [1.54, 1.807) is 6.21 Å². The van der Waals surface area contributed by atoms with Gasteiger partial charge in [-0.15, -0.1) is 5.16 Å². The molecule has 0 aliphatic heterocycles. The topological polar surface area (TPSA) is 32.6 Å². The fourth-order valence-corrected chi connectivity index (χ4v) is 3.48. The number of rotatable bonds is 3. The highest BCUT2D eigenvalue weighted by Crippen LogP contribution is 2.54. The van der Waals surface area contributed by atoms with Crippen LogP contribution in [0.4, 0.5) is 0 Å². The Morgan fingerprint density at radius 2 is 1.87 bits per heavy atom. The van der Waals surface area contributed by atoms with E-state index in [4.69, 9.17) is 5.21 Å². The van der Waals surface area contributed by atoms with Gasteiger partial charge >= 0.3 is 0 Å². The Kier molecular flexibility index (Phi) is 3.80. The minimum Gasteiger partial charge on any atom is -0.411 e. The Morgan fingerprint density at radius 3 is 2.27 bits per heavy atom. The van der Waals surface area contributed by atoms with Crippen molar-refractivity contribution in [1.82, 2.24) is 0 Å². The molecule has 3 atom stereocenters. The summed E-state index contributed by atoms with van der Waals surface area (Å²) in [7, 11) is 0. The summed E-state index contributed by atoms with van der Waals surface area (Å²) in [5.41, 5.74) is 0.292. The molecular weight excluding hydrogens is 186 g/mol. The summed E-state index contributed by atoms with van der Waals surface area (Å²) in [5.74, 6) is 2.54. The van der Waals surface area contributed by atoms with Gasteiger partial charge < -0.3 is 5.21 Å². The van der Waals surface area contributed by atoms with Crippen molar-refractivity contribution in [2.45, 2.75) is 47.5 Å². The van der Waals surface area contributed by atoms with Gasteiger partial charge in [0.1, 0.15) is 0 Å². The summed E-state index contributed by atoms with van der Waals surface area (Å²) in [6.07, 6.45) is 4.19. The number of hydrogen-bond acceptors (Lipinski definition) is 2. The first kappa shape index (κ1) is 12.5. The maximum atomic E-state index is 8.73. The molecule has 0 aromatic rings. The van der Waals surface area contributed by atoms with Crippen LogP contribution in [0.15, 0.2) is 5.16 Å². The molecule has 1 fully saturated rings. The van der Waals surface area contributed by atoms with Crippen LogP contribution in [0.25, 0.3) is 0 Å². The average Bonchev–Trinajstić information content (AvgIpc) is 2.46. The van der Waals surface area contributed by atoms with E-state index in [0.29, 0.717) is 17.3 Å². The van der Waals surface area contributed by atoms with E-state index in [0.717, 1.165) is 11.8 Å². The van der Waals surface area contributed by atoms with Crippen LogP contribution in [0, 0.1) is 29.1 Å². The molecule has 15 heavy (non-hydrogen) atoms. The normalized spacial score (nSPS) is 37.3. The predicted molar refractivity (Wildman–Crippen MR) is 64.3 cm³/mol. The van der Waals surface area contributed by atoms with Crippen molar-refractivity contribution in [3.8, 4) is 0 Å². The van der Waals surface area contributed by atoms with Gasteiger partial charge in [0, 0.05) is 12.1 Å². The molecule has 1 unspecified atom stereocenters. The lowest BCUT2D eigenvalue weighted by molar-refractivity contribution is 0.0886. The van der Waals surface area contributed by atoms with Crippen molar-refractivity contribution < 1.29 is 5.21 Å². The molecule has 0 aromatic carbocycles. The van der Waals surface area contributed by atoms with Crippen LogP contribution in [-0.4, -0.2) is 11.4 Å². The van der Waals surface area contributed by atoms with Crippen molar-refractivity contribution in [3.63, 3.8) is 0 Å². The lowest BCUT2D eigenvalue weighted by atomic mass is 9.63. The Morgan fingerprint density at radius 1 is 1.27 bits per heavy atom. The predicted octanol–water partition coefficient (Wildman–Crippen LogP) is 3.79. The van der Waals surface area contributed by atoms with Crippen LogP contribution in [0.1, 0.15) is 47.5 Å². The standard InChI is InChI=1S/C13H25NO/c1-9(2)12-7-6-11(8-14-15)13(12,5)10(3)4/h8-12,15H,6-7H2,1-5H3/b14-8+/t11-,12?,13-/m1/s1. The molecule has 0 heterocycles. The second-order valence-corrected chi connectivity index (χ2v) is 5.82. The summed E-state index contributed by atoms with van der Waals surface area (Å²) < 4.78 is 0. The zero-order chi connectivity index (χ0) is 11.6. The van der Waals surface area contributed by atoms with Gasteiger partial charge in [-0.3, -0.25) is 0 Å². The number of hydrogen-bond donors (Lipinski definition) is 1. The van der Waals surface area contributed by atoms with E-state index in [1.165, 1.54) is 12.8 Å². The van der Waals surface area contributed by atoms with E-state index in [-0.39, 0.29) is 0 Å². The van der Waals surface area contributed by atoms with Crippen LogP contribution in [0.2, 0.25) is 0 Å². The van der Waals surface area contributed by atoms with Crippen molar-refractivity contribution >= 4 is 6.21 Å². The molecule has 0 aromatic heterocycles. The zero-order valence-electron chi connectivity index (χ0n) is 10.7. The van der Waals surface area contributed by atoms with Crippen LogP contribution in [0.3, 0.4) is 0 Å². The third kappa shape index (κ3) is 2.04. The van der Waals surface area contributed by atoms with Gasteiger partial charge in [0.15, 0.2) is 0 Å². The van der Waals surface area contributed by atoms with Crippen molar-refractivity contribution in [2.24, 2.45) is 34.2 Å². The Balaban J connectivity index is 2.97. The number of nitrogens with zero attached hydrogens (tertiary/aromatic N) is 1. The van der Waals surface area contributed by atoms with Gasteiger partial charge in [-0.05, 0) is 36.0 Å². The highest BCUT2D eigenvalue weighted by Gasteiger charge is 2.48. The van der Waals surface area contributed by atoms with Crippen LogP contribution >= 0.6 is 0 Å². The first-order valence-corrected chi connectivity index (χ1v) is 6.12. The second-order valence-electron chi connectivity index (χ2n) is 5.82. The molecule has 0 spiro atoms. The lowest BCUT2D eigenvalue weighted by Gasteiger charge is -2.41. The second kappa shape index (κ2) is 4.54. The molecule has 0 saturated heterocycles. The summed E-state index contributed by atoms with van der Waals surface area (Å²) in [5, 5.41) is 12.0. The highest BCUT2D eigenvalue weighted by molar-refractivity contribution is 5.62. The maximum Gasteiger partial charge on any atom is 0.0472 e. The summed E-state index contributed by atoms with van der Waals surface area (Å²) in [6.45, 7) is 11.6. The zero-order valence-corrected chi connectivity index (χ0v) is 10.7. The molecule has 1 N–H and O–H groups in total. The smallest absolute Gasteiger partial charge is 0.0472 e. The minimum absolute atomic E-state index is 0.292. The Hall–Kier alpha value is -0.530. The Labute approximate surface area is 93.8 Å². The van der Waals surface area contributed by atoms with Crippen molar-refractivity contribution in [3.05, 3.63) is 0 Å². The van der Waals surface area contributed by atoms with Crippen LogP contribution < -0.4 is 0 Å². The quantitative estimate of drug-likeness (QED) is 0.430. The van der Waals surface area contributed by atoms with Gasteiger partial charge in [0.05, 0.1) is 0 Å². The molecule has 88 valence electrons. The molecule has 1 rings (SSSR count). The van der Waals surface area contributed by atoms with E-state index in [1.807, 2.05) is 0 Å².